The van der Waals surface area contributed by atoms with Crippen LogP contribution >= 0.6 is 11.8 Å². The van der Waals surface area contributed by atoms with Crippen molar-refractivity contribution in [3.8, 4) is 39.1 Å². The van der Waals surface area contributed by atoms with Crippen molar-refractivity contribution in [1.29, 1.82) is 0 Å². The van der Waals surface area contributed by atoms with Gasteiger partial charge in [0.2, 0.25) is 0 Å². The highest BCUT2D eigenvalue weighted by molar-refractivity contribution is 7.98. The van der Waals surface area contributed by atoms with E-state index in [9.17, 15) is 0 Å². The molecule has 0 N–H and O–H groups in total. The molecule has 644 valence electrons. The molecule has 4 aliphatic heterocycles. The topological polar surface area (TPSA) is 102 Å². The van der Waals surface area contributed by atoms with Gasteiger partial charge >= 0.3 is 0 Å². The molecule has 0 amide bonds. The average Bonchev–Trinajstić information content (AvgIpc) is 1.50. The molecule has 10 heteroatoms. The van der Waals surface area contributed by atoms with Crippen LogP contribution in [0.1, 0.15) is 133 Å². The summed E-state index contributed by atoms with van der Waals surface area (Å²) in [7, 11) is 2.15. The first kappa shape index (κ1) is 96.9. The largest absolute Gasteiger partial charge is 0.488 e. The molecule has 24 rings (SSSR count). The summed E-state index contributed by atoms with van der Waals surface area (Å²) in [6, 6.07) is 121. The molecule has 0 spiro atoms. The van der Waals surface area contributed by atoms with Crippen molar-refractivity contribution in [3.05, 3.63) is 405 Å². The number of oxazole rings is 1. The van der Waals surface area contributed by atoms with Crippen molar-refractivity contribution in [2.75, 3.05) is 11.9 Å². The molecule has 0 bridgehead atoms. The van der Waals surface area contributed by atoms with E-state index in [-0.39, 0.29) is 0 Å². The fraction of sp³-hybridized carbons (Fsp3) is 0.179. The number of aromatic nitrogens is 5. The maximum absolute atomic E-state index is 5.65. The van der Waals surface area contributed by atoms with Crippen LogP contribution in [-0.2, 0) is 25.3 Å². The summed E-state index contributed by atoms with van der Waals surface area (Å²) in [5.41, 5.74) is 21.9. The number of para-hydroxylation sites is 2. The maximum Gasteiger partial charge on any atom is 0.182 e. The Bertz CT molecular complexity index is 6150. The van der Waals surface area contributed by atoms with E-state index in [0.29, 0.717) is 6.61 Å². The first-order valence-corrected chi connectivity index (χ1v) is 46.3. The molecule has 0 fully saturated rings. The third-order valence-corrected chi connectivity index (χ3v) is 21.4. The Balaban J connectivity index is 0.000000160. The molecule has 20 aromatic rings. The molecular formula is C117H123N7O2S. The number of benzene rings is 15. The number of hydrogen-bond donors (Lipinski definition) is 0. The average molecular weight is 1690 g/mol. The number of hydrogen-bond acceptors (Lipinski definition) is 10. The Morgan fingerprint density at radius 1 is 0.283 bits per heavy atom. The van der Waals surface area contributed by atoms with Crippen molar-refractivity contribution in [2.24, 2.45) is 4.99 Å². The second-order valence-electron chi connectivity index (χ2n) is 27.1. The third kappa shape index (κ3) is 24.6. The lowest BCUT2D eigenvalue weighted by atomic mass is 9.94. The maximum atomic E-state index is 5.65. The lowest BCUT2D eigenvalue weighted by Gasteiger charge is -2.29. The van der Waals surface area contributed by atoms with Crippen LogP contribution in [0, 0.1) is 0 Å². The van der Waals surface area contributed by atoms with Gasteiger partial charge in [-0.2, -0.15) is 0 Å². The van der Waals surface area contributed by atoms with Crippen molar-refractivity contribution in [1.82, 2.24) is 24.9 Å². The fourth-order valence-corrected chi connectivity index (χ4v) is 15.9. The van der Waals surface area contributed by atoms with Crippen molar-refractivity contribution < 1.29 is 9.15 Å². The molecule has 0 unspecified atom stereocenters. The summed E-state index contributed by atoms with van der Waals surface area (Å²) in [5.74, 6) is 2.10. The molecular weight excluding hydrogens is 1570 g/mol. The quantitative estimate of drug-likeness (QED) is 0.137. The molecule has 5 aromatic heterocycles. The summed E-state index contributed by atoms with van der Waals surface area (Å²) in [5, 5.41) is 14.6. The van der Waals surface area contributed by atoms with Gasteiger partial charge in [-0.25, -0.2) is 4.98 Å². The molecule has 4 aliphatic rings. The molecule has 0 saturated carbocycles. The van der Waals surface area contributed by atoms with Gasteiger partial charge in [-0.3, -0.25) is 24.9 Å². The zero-order valence-corrected chi connectivity index (χ0v) is 78.0. The van der Waals surface area contributed by atoms with Crippen molar-refractivity contribution in [2.45, 2.75) is 141 Å². The standard InChI is InChI=1S/C14H13N.2C13H9N.C13H10O.C13H10S.C12H8N2.C12H9N.C11H7NO.8C2H6/c1-15-10-11-6-2-3-7-12(11)13-8-4-5-9-14(13)15;1-2-6-12-10(4-1)7-8-11-5-3-9-14-13(11)12;1-2-5-11-10(4-1)7-8-13-12(11)6-3-9-14-13;2*1-2-6-11-10(5-1)9-14-13-8-4-3-7-12(11)13;1-3-9-5-6-10-4-2-8-14-12(10)11(9)13-7-1;1-2-4-11-9(3-1)5-6-10-7-8-13-12(10)11;1-2-4-9-8(3-1)5-6-10-11(9)13-7-12-10;8*1-2/h2-9H,10H2,1H3;2*1-9H;2*1-8H,9H2;1-8H;1-6,8H,7H2;1-7H;8*1-2H3. The number of fused-ring (bicyclic) bond motifs is 24. The van der Waals surface area contributed by atoms with Crippen LogP contribution in [0.2, 0.25) is 0 Å². The van der Waals surface area contributed by atoms with Crippen LogP contribution in [0.5, 0.6) is 5.75 Å². The van der Waals surface area contributed by atoms with Gasteiger partial charge in [-0.15, -0.1) is 11.8 Å². The van der Waals surface area contributed by atoms with Gasteiger partial charge in [-0.1, -0.05) is 408 Å². The molecule has 0 radical (unpaired) electrons. The summed E-state index contributed by atoms with van der Waals surface area (Å²) < 4.78 is 11.0. The predicted molar refractivity (Wildman–Crippen MR) is 555 cm³/mol. The van der Waals surface area contributed by atoms with Crippen molar-refractivity contribution in [3.63, 3.8) is 0 Å². The lowest BCUT2D eigenvalue weighted by molar-refractivity contribution is 0.302. The minimum atomic E-state index is 0.688. The zero-order valence-electron chi connectivity index (χ0n) is 77.1. The fourth-order valence-electron chi connectivity index (χ4n) is 14.8. The number of aliphatic imine (C=N–C) groups is 1. The van der Waals surface area contributed by atoms with Gasteiger partial charge in [-0.05, 0) is 126 Å². The van der Waals surface area contributed by atoms with Crippen LogP contribution in [0.3, 0.4) is 0 Å². The van der Waals surface area contributed by atoms with E-state index in [0.717, 1.165) is 79.5 Å². The summed E-state index contributed by atoms with van der Waals surface area (Å²) in [6.45, 7) is 33.7. The van der Waals surface area contributed by atoms with E-state index in [4.69, 9.17) is 9.15 Å². The zero-order chi connectivity index (χ0) is 90.5. The molecule has 127 heavy (non-hydrogen) atoms. The Morgan fingerprint density at radius 2 is 0.685 bits per heavy atom. The molecule has 9 heterocycles. The smallest absolute Gasteiger partial charge is 0.182 e. The van der Waals surface area contributed by atoms with E-state index < -0.39 is 0 Å². The minimum Gasteiger partial charge on any atom is -0.488 e. The number of thioether (sulfide) groups is 1. The minimum absolute atomic E-state index is 0.688. The Kier molecular flexibility index (Phi) is 40.2. The number of anilines is 1. The van der Waals surface area contributed by atoms with Gasteiger partial charge in [0.1, 0.15) is 17.9 Å². The number of ether oxygens (including phenoxy) is 1. The number of nitrogens with zero attached hydrogens (tertiary/aromatic N) is 7. The van der Waals surface area contributed by atoms with Gasteiger partial charge in [0.05, 0.1) is 27.8 Å². The van der Waals surface area contributed by atoms with Gasteiger partial charge < -0.3 is 14.1 Å². The van der Waals surface area contributed by atoms with Gasteiger partial charge in [0.25, 0.3) is 0 Å². The van der Waals surface area contributed by atoms with E-state index in [1.807, 2.05) is 208 Å². The monoisotopic (exact) mass is 1690 g/mol. The number of rotatable bonds is 0. The highest BCUT2D eigenvalue weighted by Gasteiger charge is 2.20. The first-order chi connectivity index (χ1) is 63.0. The summed E-state index contributed by atoms with van der Waals surface area (Å²) in [6.07, 6.45) is 11.7. The molecule has 9 nitrogen and oxygen atoms in total. The van der Waals surface area contributed by atoms with Crippen LogP contribution in [0.15, 0.2) is 397 Å². The van der Waals surface area contributed by atoms with Gasteiger partial charge in [0.15, 0.2) is 12.0 Å². The predicted octanol–water partition coefficient (Wildman–Crippen LogP) is 34.4. The number of pyridine rings is 4. The molecule has 0 atom stereocenters. The van der Waals surface area contributed by atoms with E-state index >= 15 is 0 Å². The molecule has 0 saturated heterocycles. The summed E-state index contributed by atoms with van der Waals surface area (Å²) >= 11 is 1.93. The van der Waals surface area contributed by atoms with E-state index in [1.165, 1.54) is 121 Å². The highest BCUT2D eigenvalue weighted by Crippen LogP contribution is 2.42. The van der Waals surface area contributed by atoms with Gasteiger partial charge in [0, 0.05) is 116 Å². The van der Waals surface area contributed by atoms with Crippen LogP contribution < -0.4 is 9.64 Å². The van der Waals surface area contributed by atoms with E-state index in [1.54, 1.807) is 12.4 Å². The Morgan fingerprint density at radius 3 is 1.31 bits per heavy atom. The second kappa shape index (κ2) is 52.6. The third-order valence-electron chi connectivity index (χ3n) is 20.3. The Labute approximate surface area is 758 Å². The molecule has 0 aliphatic carbocycles. The molecule has 15 aromatic carbocycles. The normalized spacial score (nSPS) is 10.9. The van der Waals surface area contributed by atoms with Crippen molar-refractivity contribution >= 4 is 127 Å². The van der Waals surface area contributed by atoms with E-state index in [2.05, 4.69) is 327 Å². The SMILES string of the molecule is C1=Nc2c(ccc3ccccc23)C1.CC.CC.CC.CC.CC.CC.CC.CC.CN1Cc2ccccc2-c2ccccc21.c1ccc2c(c1)COc1ccccc1-2.c1ccc2c(c1)CSc1ccccc1-2.c1ccc2c(c1)ccc1cccnc12.c1ccc2c(c1)ccc1ncccc12.c1ccc2c(c1)ccc1ncoc12.c1cnc2c(c1)ccc1cccnc12. The summed E-state index contributed by atoms with van der Waals surface area (Å²) in [4.78, 5) is 29.7. The second-order valence-corrected chi connectivity index (χ2v) is 28.2. The Hall–Kier alpha value is -13.9. The van der Waals surface area contributed by atoms with Crippen LogP contribution in [0.25, 0.3) is 131 Å². The van der Waals surface area contributed by atoms with Crippen LogP contribution in [0.4, 0.5) is 11.4 Å². The lowest BCUT2D eigenvalue weighted by Crippen LogP contribution is -2.21. The highest BCUT2D eigenvalue weighted by atomic mass is 32.2. The van der Waals surface area contributed by atoms with Crippen LogP contribution in [-0.4, -0.2) is 38.2 Å². The first-order valence-electron chi connectivity index (χ1n) is 45.3.